The highest BCUT2D eigenvalue weighted by atomic mass is 16.6. The zero-order chi connectivity index (χ0) is 24.8. The molecule has 0 radical (unpaired) electrons. The van der Waals surface area contributed by atoms with E-state index in [2.05, 4.69) is 60.6 Å². The van der Waals surface area contributed by atoms with Crippen LogP contribution >= 0.6 is 0 Å². The Morgan fingerprint density at radius 3 is 2.56 bits per heavy atom. The quantitative estimate of drug-likeness (QED) is 0.406. The van der Waals surface area contributed by atoms with Gasteiger partial charge in [-0.15, -0.1) is 0 Å². The molecule has 0 amide bonds. The van der Waals surface area contributed by atoms with E-state index in [1.807, 2.05) is 0 Å². The molecule has 4 fully saturated rings. The third kappa shape index (κ3) is 2.93. The maximum Gasteiger partial charge on any atom is 0.309 e. The molecule has 1 aliphatic heterocycles. The molecule has 0 unspecified atom stereocenters. The summed E-state index contributed by atoms with van der Waals surface area (Å²) in [6.45, 7) is 15.4. The molecule has 0 aromatic carbocycles. The number of hydrogen-bond acceptors (Lipinski definition) is 4. The van der Waals surface area contributed by atoms with Crippen molar-refractivity contribution >= 4 is 11.8 Å². The normalized spacial score (nSPS) is 48.8. The number of ether oxygens (including phenoxy) is 1. The predicted molar refractivity (Wildman–Crippen MR) is 133 cm³/mol. The van der Waals surface area contributed by atoms with Crippen LogP contribution in [-0.4, -0.2) is 29.1 Å². The Morgan fingerprint density at radius 2 is 1.88 bits per heavy atom. The Kier molecular flexibility index (Phi) is 5.39. The van der Waals surface area contributed by atoms with E-state index in [1.165, 1.54) is 11.1 Å². The van der Waals surface area contributed by atoms with Crippen LogP contribution in [0.3, 0.4) is 0 Å². The number of aliphatic hydroxyl groups is 1. The fraction of sp³-hybridized carbons (Fsp3) is 0.800. The SMILES string of the molecule is CC(C)=CCC[C@H]1C(=O)O[C@H]2C[C@]3(C)C4=CC[C@H]5C(C)(C)C(=O)CC[C@]5(C)[C@H]4C[C@@H](O)[C@@]3(C)[C@@H]21. The van der Waals surface area contributed by atoms with Crippen LogP contribution in [-0.2, 0) is 14.3 Å². The van der Waals surface area contributed by atoms with Gasteiger partial charge < -0.3 is 9.84 Å². The Labute approximate surface area is 205 Å². The molecule has 4 aliphatic carbocycles. The number of fused-ring (bicyclic) bond motifs is 7. The lowest BCUT2D eigenvalue weighted by Gasteiger charge is -2.64. The van der Waals surface area contributed by atoms with Crippen molar-refractivity contribution < 1.29 is 19.4 Å². The Morgan fingerprint density at radius 1 is 1.18 bits per heavy atom. The Bertz CT molecular complexity index is 970. The van der Waals surface area contributed by atoms with Crippen molar-refractivity contribution in [3.63, 3.8) is 0 Å². The van der Waals surface area contributed by atoms with Gasteiger partial charge in [-0.2, -0.15) is 0 Å². The van der Waals surface area contributed by atoms with Gasteiger partial charge >= 0.3 is 5.97 Å². The van der Waals surface area contributed by atoms with Crippen molar-refractivity contribution in [1.82, 2.24) is 0 Å². The molecule has 5 aliphatic rings. The minimum Gasteiger partial charge on any atom is -0.462 e. The molecule has 1 N–H and O–H groups in total. The molecule has 188 valence electrons. The summed E-state index contributed by atoms with van der Waals surface area (Å²) in [5.41, 5.74) is 1.88. The summed E-state index contributed by atoms with van der Waals surface area (Å²) in [7, 11) is 0. The van der Waals surface area contributed by atoms with Crippen molar-refractivity contribution in [2.45, 2.75) is 106 Å². The van der Waals surface area contributed by atoms with Gasteiger partial charge in [0, 0.05) is 28.6 Å². The van der Waals surface area contributed by atoms with Crippen LogP contribution in [0.15, 0.2) is 23.3 Å². The number of Topliss-reactive ketones (excluding diaryl/α,β-unsaturated/α-hetero) is 1. The van der Waals surface area contributed by atoms with Gasteiger partial charge in [0.05, 0.1) is 12.0 Å². The number of allylic oxidation sites excluding steroid dienone is 4. The molecule has 0 aromatic rings. The van der Waals surface area contributed by atoms with Gasteiger partial charge in [-0.1, -0.05) is 57.9 Å². The van der Waals surface area contributed by atoms with Gasteiger partial charge in [-0.3, -0.25) is 9.59 Å². The minimum absolute atomic E-state index is 0.0179. The molecule has 0 aromatic heterocycles. The maximum atomic E-state index is 12.9. The van der Waals surface area contributed by atoms with Crippen LogP contribution in [0.4, 0.5) is 0 Å². The maximum absolute atomic E-state index is 12.9. The van der Waals surface area contributed by atoms with E-state index in [0.717, 1.165) is 38.5 Å². The van der Waals surface area contributed by atoms with Crippen molar-refractivity contribution in [3.05, 3.63) is 23.3 Å². The third-order valence-corrected chi connectivity index (χ3v) is 11.7. The summed E-state index contributed by atoms with van der Waals surface area (Å²) in [5, 5.41) is 11.9. The summed E-state index contributed by atoms with van der Waals surface area (Å²) in [5.74, 6) is 0.837. The molecule has 0 spiro atoms. The number of hydrogen-bond donors (Lipinski definition) is 1. The van der Waals surface area contributed by atoms with Crippen LogP contribution in [0.5, 0.6) is 0 Å². The molecular weight excluding hydrogens is 424 g/mol. The molecule has 4 nitrogen and oxygen atoms in total. The Balaban J connectivity index is 1.54. The first-order valence-corrected chi connectivity index (χ1v) is 13.5. The van der Waals surface area contributed by atoms with Crippen LogP contribution in [0.1, 0.15) is 93.4 Å². The first-order chi connectivity index (χ1) is 15.8. The monoisotopic (exact) mass is 468 g/mol. The lowest BCUT2D eigenvalue weighted by molar-refractivity contribution is -0.156. The van der Waals surface area contributed by atoms with Gasteiger partial charge in [-0.25, -0.2) is 0 Å². The largest absolute Gasteiger partial charge is 0.462 e. The number of aliphatic hydroxyl groups excluding tert-OH is 1. The van der Waals surface area contributed by atoms with Crippen LogP contribution < -0.4 is 0 Å². The van der Waals surface area contributed by atoms with E-state index in [9.17, 15) is 14.7 Å². The fourth-order valence-corrected chi connectivity index (χ4v) is 9.64. The van der Waals surface area contributed by atoms with Gasteiger partial charge in [0.15, 0.2) is 0 Å². The van der Waals surface area contributed by atoms with E-state index in [-0.39, 0.29) is 51.5 Å². The van der Waals surface area contributed by atoms with Gasteiger partial charge in [-0.05, 0) is 69.6 Å². The number of ketones is 1. The highest BCUT2D eigenvalue weighted by Crippen LogP contribution is 2.74. The summed E-state index contributed by atoms with van der Waals surface area (Å²) >= 11 is 0. The zero-order valence-corrected chi connectivity index (χ0v) is 22.2. The number of rotatable bonds is 3. The van der Waals surface area contributed by atoms with E-state index in [0.29, 0.717) is 18.1 Å². The summed E-state index contributed by atoms with van der Waals surface area (Å²) in [6.07, 6.45) is 9.76. The second kappa shape index (κ2) is 7.54. The molecule has 1 saturated heterocycles. The number of carbonyl (C=O) groups excluding carboxylic acids is 2. The number of esters is 1. The van der Waals surface area contributed by atoms with E-state index in [1.54, 1.807) is 0 Å². The topological polar surface area (TPSA) is 63.6 Å². The first-order valence-electron chi connectivity index (χ1n) is 13.5. The molecular formula is C30H44O4. The fourth-order valence-electron chi connectivity index (χ4n) is 9.64. The molecule has 3 saturated carbocycles. The molecule has 1 heterocycles. The predicted octanol–water partition coefficient (Wildman–Crippen LogP) is 6.03. The Hall–Kier alpha value is -1.42. The van der Waals surface area contributed by atoms with E-state index >= 15 is 0 Å². The van der Waals surface area contributed by atoms with Gasteiger partial charge in [0.25, 0.3) is 0 Å². The average Bonchev–Trinajstić information content (AvgIpc) is 3.17. The average molecular weight is 469 g/mol. The molecule has 34 heavy (non-hydrogen) atoms. The van der Waals surface area contributed by atoms with Gasteiger partial charge in [0.2, 0.25) is 0 Å². The first kappa shape index (κ1) is 24.3. The second-order valence-electron chi connectivity index (χ2n) is 13.7. The lowest BCUT2D eigenvalue weighted by Crippen LogP contribution is -2.61. The van der Waals surface area contributed by atoms with E-state index in [4.69, 9.17) is 4.74 Å². The zero-order valence-electron chi connectivity index (χ0n) is 22.2. The van der Waals surface area contributed by atoms with Crippen molar-refractivity contribution in [2.24, 2.45) is 45.3 Å². The standard InChI is InChI=1S/C30H44O4/c1-17(2)9-8-10-18-25-21(34-26(18)33)16-29(6)19-11-12-22-27(3,4)23(31)13-14-28(22,5)20(19)15-24(32)30(25,29)7/h9,11,18,20-22,24-25,32H,8,10,12-16H2,1-7H3/t18-,20+,21+,22+,24-,25-,28-,29-,30+/m1/s1. The highest BCUT2D eigenvalue weighted by Gasteiger charge is 2.73. The van der Waals surface area contributed by atoms with Crippen LogP contribution in [0, 0.1) is 45.3 Å². The van der Waals surface area contributed by atoms with Crippen molar-refractivity contribution in [1.29, 1.82) is 0 Å². The second-order valence-corrected chi connectivity index (χ2v) is 13.7. The third-order valence-electron chi connectivity index (χ3n) is 11.7. The van der Waals surface area contributed by atoms with Crippen molar-refractivity contribution in [3.8, 4) is 0 Å². The highest BCUT2D eigenvalue weighted by molar-refractivity contribution is 5.85. The van der Waals surface area contributed by atoms with E-state index < -0.39 is 6.10 Å². The molecule has 4 heteroatoms. The summed E-state index contributed by atoms with van der Waals surface area (Å²) in [4.78, 5) is 25.8. The molecule has 0 bridgehead atoms. The number of carbonyl (C=O) groups is 2. The van der Waals surface area contributed by atoms with Crippen molar-refractivity contribution in [2.75, 3.05) is 0 Å². The van der Waals surface area contributed by atoms with Gasteiger partial charge in [0.1, 0.15) is 11.9 Å². The molecule has 9 atom stereocenters. The van der Waals surface area contributed by atoms with Crippen LogP contribution in [0.25, 0.3) is 0 Å². The summed E-state index contributed by atoms with van der Waals surface area (Å²) in [6, 6.07) is 0. The lowest BCUT2D eigenvalue weighted by atomic mass is 9.40. The van der Waals surface area contributed by atoms with Crippen LogP contribution in [0.2, 0.25) is 0 Å². The smallest absolute Gasteiger partial charge is 0.309 e. The minimum atomic E-state index is -0.480. The summed E-state index contributed by atoms with van der Waals surface area (Å²) < 4.78 is 6.04. The molecule has 5 rings (SSSR count).